The van der Waals surface area contributed by atoms with Crippen molar-refractivity contribution in [1.29, 1.82) is 0 Å². The number of hydrogen-bond acceptors (Lipinski definition) is 1. The minimum absolute atomic E-state index is 0. The molecule has 0 aromatic carbocycles. The molecule has 0 saturated heterocycles. The van der Waals surface area contributed by atoms with E-state index >= 15 is 0 Å². The van der Waals surface area contributed by atoms with E-state index in [-0.39, 0.29) is 9.90 Å². The zero-order valence-electron chi connectivity index (χ0n) is 1.61. The van der Waals surface area contributed by atoms with Crippen molar-refractivity contribution in [2.75, 3.05) is 0 Å². The standard InChI is InChI=1S/Cl2O.P/c1-3-2;. The molecule has 0 bridgehead atoms. The van der Waals surface area contributed by atoms with E-state index in [9.17, 15) is 0 Å². The molecule has 1 nitrogen and oxygen atoms in total. The summed E-state index contributed by atoms with van der Waals surface area (Å²) in [5.74, 6) is 0. The third-order valence-corrected chi connectivity index (χ3v) is 0. The summed E-state index contributed by atoms with van der Waals surface area (Å²) in [6, 6.07) is 0. The molecule has 0 unspecified atom stereocenters. The van der Waals surface area contributed by atoms with Crippen LogP contribution in [0.15, 0.2) is 0 Å². The van der Waals surface area contributed by atoms with Crippen molar-refractivity contribution < 1.29 is 3.84 Å². The molecular formula is Cl2OP. The quantitative estimate of drug-likeness (QED) is 0.442. The summed E-state index contributed by atoms with van der Waals surface area (Å²) in [5, 5.41) is 0. The Morgan fingerprint density at radius 1 is 1.25 bits per heavy atom. The highest BCUT2D eigenvalue weighted by Crippen LogP contribution is 1.78. The second-order valence-electron chi connectivity index (χ2n) is 0.0583. The molecule has 0 aromatic rings. The van der Waals surface area contributed by atoms with Crippen LogP contribution in [-0.2, 0) is 3.84 Å². The maximum Gasteiger partial charge on any atom is 0.0832 e. The van der Waals surface area contributed by atoms with E-state index in [4.69, 9.17) is 0 Å². The Kier molecular flexibility index (Phi) is 20.0. The van der Waals surface area contributed by atoms with Crippen molar-refractivity contribution in [3.63, 3.8) is 0 Å². The molecule has 0 saturated carbocycles. The molecule has 0 rings (SSSR count). The second-order valence-corrected chi connectivity index (χ2v) is 0.525. The van der Waals surface area contributed by atoms with Crippen LogP contribution in [0, 0.1) is 0 Å². The van der Waals surface area contributed by atoms with Crippen molar-refractivity contribution in [3.8, 4) is 0 Å². The number of halogens is 2. The molecule has 0 aliphatic carbocycles. The number of rotatable bonds is 0. The van der Waals surface area contributed by atoms with E-state index in [1.807, 2.05) is 0 Å². The predicted molar refractivity (Wildman–Crippen MR) is 19.7 cm³/mol. The first kappa shape index (κ1) is 8.88. The average molecular weight is 118 g/mol. The van der Waals surface area contributed by atoms with Gasteiger partial charge in [-0.3, -0.25) is 0 Å². The maximum atomic E-state index is 4.26. The van der Waals surface area contributed by atoms with Gasteiger partial charge in [-0.15, -0.1) is 0 Å². The van der Waals surface area contributed by atoms with Gasteiger partial charge in [0.25, 0.3) is 0 Å². The SMILES string of the molecule is ClOCl.[P]. The van der Waals surface area contributed by atoms with Crippen LogP contribution in [0.3, 0.4) is 0 Å². The Morgan fingerprint density at radius 3 is 1.25 bits per heavy atom. The first-order chi connectivity index (χ1) is 1.41. The van der Waals surface area contributed by atoms with E-state index in [0.29, 0.717) is 0 Å². The summed E-state index contributed by atoms with van der Waals surface area (Å²) in [5.41, 5.74) is 0. The van der Waals surface area contributed by atoms with Gasteiger partial charge in [0.2, 0.25) is 0 Å². The fourth-order valence-corrected chi connectivity index (χ4v) is 0. The van der Waals surface area contributed by atoms with Crippen LogP contribution in [0.5, 0.6) is 0 Å². The van der Waals surface area contributed by atoms with Gasteiger partial charge in [-0.2, -0.15) is 3.84 Å². The Labute approximate surface area is 38.2 Å². The van der Waals surface area contributed by atoms with Crippen LogP contribution >= 0.6 is 33.6 Å². The Balaban J connectivity index is 0. The summed E-state index contributed by atoms with van der Waals surface area (Å²) >= 11 is 8.53. The summed E-state index contributed by atoms with van der Waals surface area (Å²) < 4.78 is 3.19. The maximum absolute atomic E-state index is 4.26. The fraction of sp³-hybridized carbons (Fsp3) is 0. The number of hydrogen-bond donors (Lipinski definition) is 0. The summed E-state index contributed by atoms with van der Waals surface area (Å²) in [4.78, 5) is 0. The molecule has 0 spiro atoms. The van der Waals surface area contributed by atoms with Gasteiger partial charge in [0.1, 0.15) is 0 Å². The molecule has 0 aliphatic rings. The third-order valence-electron chi connectivity index (χ3n) is 0. The topological polar surface area (TPSA) is 9.23 Å². The molecule has 0 aromatic heterocycles. The molecule has 3 radical (unpaired) electrons. The first-order valence-corrected chi connectivity index (χ1v) is 0.926. The van der Waals surface area contributed by atoms with Gasteiger partial charge in [-0.25, -0.2) is 0 Å². The van der Waals surface area contributed by atoms with E-state index in [1.165, 1.54) is 0 Å². The fourth-order valence-electron chi connectivity index (χ4n) is 0. The van der Waals surface area contributed by atoms with Crippen LogP contribution in [0.1, 0.15) is 0 Å². The Hall–Kier alpha value is 0.970. The van der Waals surface area contributed by atoms with E-state index in [1.54, 1.807) is 0 Å². The Morgan fingerprint density at radius 2 is 1.25 bits per heavy atom. The smallest absolute Gasteiger partial charge is 0.0832 e. The normalized spacial score (nSPS) is 4.50. The van der Waals surface area contributed by atoms with Crippen molar-refractivity contribution in [3.05, 3.63) is 0 Å². The van der Waals surface area contributed by atoms with Gasteiger partial charge in [-0.1, -0.05) is 0 Å². The van der Waals surface area contributed by atoms with E-state index in [0.717, 1.165) is 0 Å². The lowest BCUT2D eigenvalue weighted by Gasteiger charge is -1.46. The monoisotopic (exact) mass is 117 g/mol. The minimum atomic E-state index is 0. The summed E-state index contributed by atoms with van der Waals surface area (Å²) in [6.07, 6.45) is 0. The summed E-state index contributed by atoms with van der Waals surface area (Å²) in [6.45, 7) is 0. The van der Waals surface area contributed by atoms with E-state index < -0.39 is 0 Å². The van der Waals surface area contributed by atoms with Crippen LogP contribution in [0.4, 0.5) is 0 Å². The van der Waals surface area contributed by atoms with Gasteiger partial charge >= 0.3 is 0 Å². The lowest BCUT2D eigenvalue weighted by molar-refractivity contribution is 0.697. The highest BCUT2D eigenvalue weighted by Gasteiger charge is 1.38. The van der Waals surface area contributed by atoms with Crippen LogP contribution in [-0.4, -0.2) is 0 Å². The van der Waals surface area contributed by atoms with Crippen molar-refractivity contribution in [1.82, 2.24) is 0 Å². The van der Waals surface area contributed by atoms with Gasteiger partial charge in [0.05, 0.1) is 23.7 Å². The van der Waals surface area contributed by atoms with Crippen LogP contribution < -0.4 is 0 Å². The summed E-state index contributed by atoms with van der Waals surface area (Å²) in [7, 11) is 0. The zero-order chi connectivity index (χ0) is 2.71. The van der Waals surface area contributed by atoms with Crippen LogP contribution in [0.25, 0.3) is 0 Å². The van der Waals surface area contributed by atoms with E-state index in [2.05, 4.69) is 27.6 Å². The highest BCUT2D eigenvalue weighted by atomic mass is 35.6. The van der Waals surface area contributed by atoms with Crippen molar-refractivity contribution in [2.24, 2.45) is 0 Å². The molecule has 4 heavy (non-hydrogen) atoms. The molecule has 0 fully saturated rings. The van der Waals surface area contributed by atoms with Gasteiger partial charge in [0.15, 0.2) is 0 Å². The van der Waals surface area contributed by atoms with Crippen molar-refractivity contribution >= 4 is 33.6 Å². The molecule has 25 valence electrons. The molecule has 0 amide bonds. The molecule has 0 aliphatic heterocycles. The zero-order valence-corrected chi connectivity index (χ0v) is 4.02. The van der Waals surface area contributed by atoms with Crippen molar-refractivity contribution in [2.45, 2.75) is 0 Å². The largest absolute Gasteiger partial charge is 0.166 e. The predicted octanol–water partition coefficient (Wildman–Crippen LogP) is 2.17. The lowest BCUT2D eigenvalue weighted by Crippen LogP contribution is -1.15. The average Bonchev–Trinajstić information content (AvgIpc) is 0.918. The second kappa shape index (κ2) is 9.02. The lowest BCUT2D eigenvalue weighted by atomic mass is 15.9. The van der Waals surface area contributed by atoms with Gasteiger partial charge in [-0.05, 0) is 0 Å². The highest BCUT2D eigenvalue weighted by molar-refractivity contribution is 6.92. The van der Waals surface area contributed by atoms with Gasteiger partial charge in [0, 0.05) is 9.90 Å². The molecule has 4 heteroatoms. The van der Waals surface area contributed by atoms with Gasteiger partial charge < -0.3 is 0 Å². The molecule has 0 N–H and O–H groups in total. The molecular weight excluding hydrogens is 118 g/mol. The molecule has 0 heterocycles. The first-order valence-electron chi connectivity index (χ1n) is 0.309. The Bertz CT molecular complexity index is 6.00. The minimum Gasteiger partial charge on any atom is -0.166 e. The third kappa shape index (κ3) is 12.3. The van der Waals surface area contributed by atoms with Crippen LogP contribution in [0.2, 0.25) is 0 Å². The molecule has 0 atom stereocenters.